The SMILES string of the molecule is COC(=O)/C=C1\C(=O)N(Cc2ccccc2)C(=S)N1/N=C/C(C)C. The van der Waals surface area contributed by atoms with Crippen molar-refractivity contribution >= 4 is 35.4 Å². The van der Waals surface area contributed by atoms with E-state index >= 15 is 0 Å². The zero-order chi connectivity index (χ0) is 17.7. The Labute approximate surface area is 146 Å². The van der Waals surface area contributed by atoms with Crippen LogP contribution in [0.4, 0.5) is 0 Å². The summed E-state index contributed by atoms with van der Waals surface area (Å²) in [6.07, 6.45) is 2.77. The van der Waals surface area contributed by atoms with Gasteiger partial charge in [0.25, 0.3) is 5.91 Å². The van der Waals surface area contributed by atoms with Crippen molar-refractivity contribution in [2.24, 2.45) is 11.0 Å². The third-order valence-electron chi connectivity index (χ3n) is 3.22. The molecular formula is C17H19N3O3S. The van der Waals surface area contributed by atoms with E-state index in [0.717, 1.165) is 11.6 Å². The largest absolute Gasteiger partial charge is 0.466 e. The summed E-state index contributed by atoms with van der Waals surface area (Å²) < 4.78 is 4.62. The van der Waals surface area contributed by atoms with Gasteiger partial charge in [-0.25, -0.2) is 9.80 Å². The first-order valence-corrected chi connectivity index (χ1v) is 7.88. The van der Waals surface area contributed by atoms with E-state index < -0.39 is 5.97 Å². The fourth-order valence-electron chi connectivity index (χ4n) is 2.04. The number of rotatable bonds is 5. The molecule has 1 aliphatic rings. The Bertz CT molecular complexity index is 698. The summed E-state index contributed by atoms with van der Waals surface area (Å²) in [6, 6.07) is 9.48. The number of hydrazone groups is 1. The van der Waals surface area contributed by atoms with E-state index in [-0.39, 0.29) is 22.6 Å². The number of thiocarbonyl (C=S) groups is 1. The molecule has 1 fully saturated rings. The van der Waals surface area contributed by atoms with Crippen LogP contribution in [-0.2, 0) is 20.9 Å². The van der Waals surface area contributed by atoms with E-state index in [4.69, 9.17) is 12.2 Å². The Kier molecular flexibility index (Phi) is 5.81. The van der Waals surface area contributed by atoms with Gasteiger partial charge in [0.2, 0.25) is 5.11 Å². The molecule has 2 rings (SSSR count). The number of amides is 1. The summed E-state index contributed by atoms with van der Waals surface area (Å²) in [6.45, 7) is 4.22. The minimum Gasteiger partial charge on any atom is -0.466 e. The Morgan fingerprint density at radius 1 is 1.33 bits per heavy atom. The monoisotopic (exact) mass is 345 g/mol. The third-order valence-corrected chi connectivity index (χ3v) is 3.62. The van der Waals surface area contributed by atoms with Crippen molar-refractivity contribution in [3.63, 3.8) is 0 Å². The van der Waals surface area contributed by atoms with Gasteiger partial charge in [-0.3, -0.25) is 9.69 Å². The second-order valence-electron chi connectivity index (χ2n) is 5.53. The van der Waals surface area contributed by atoms with E-state index in [0.29, 0.717) is 6.54 Å². The molecule has 0 aromatic heterocycles. The highest BCUT2D eigenvalue weighted by Gasteiger charge is 2.38. The molecule has 1 heterocycles. The Morgan fingerprint density at radius 3 is 2.58 bits per heavy atom. The number of hydrogen-bond acceptors (Lipinski definition) is 5. The molecule has 1 aliphatic heterocycles. The molecule has 1 amide bonds. The summed E-state index contributed by atoms with van der Waals surface area (Å²) in [5, 5.41) is 5.78. The van der Waals surface area contributed by atoms with Crippen LogP contribution in [0.2, 0.25) is 0 Å². The van der Waals surface area contributed by atoms with E-state index in [1.807, 2.05) is 44.2 Å². The van der Waals surface area contributed by atoms with Crippen molar-refractivity contribution in [2.75, 3.05) is 7.11 Å². The van der Waals surface area contributed by atoms with Crippen molar-refractivity contribution in [1.29, 1.82) is 0 Å². The number of benzene rings is 1. The number of esters is 1. The molecule has 6 nitrogen and oxygen atoms in total. The molecule has 0 unspecified atom stereocenters. The Balaban J connectivity index is 2.34. The second-order valence-corrected chi connectivity index (χ2v) is 5.90. The summed E-state index contributed by atoms with van der Waals surface area (Å²) in [4.78, 5) is 25.7. The van der Waals surface area contributed by atoms with Gasteiger partial charge in [0, 0.05) is 6.21 Å². The van der Waals surface area contributed by atoms with Crippen LogP contribution in [-0.4, -0.2) is 40.2 Å². The van der Waals surface area contributed by atoms with Gasteiger partial charge in [0.15, 0.2) is 0 Å². The average molecular weight is 345 g/mol. The van der Waals surface area contributed by atoms with Gasteiger partial charge in [-0.2, -0.15) is 5.10 Å². The van der Waals surface area contributed by atoms with Gasteiger partial charge in [0.05, 0.1) is 19.7 Å². The Hall–Kier alpha value is -2.54. The summed E-state index contributed by atoms with van der Waals surface area (Å²) in [5.41, 5.74) is 1.01. The number of hydrogen-bond donors (Lipinski definition) is 0. The van der Waals surface area contributed by atoms with E-state index in [2.05, 4.69) is 9.84 Å². The quantitative estimate of drug-likeness (QED) is 0.355. The van der Waals surface area contributed by atoms with Crippen molar-refractivity contribution in [2.45, 2.75) is 20.4 Å². The highest BCUT2D eigenvalue weighted by atomic mass is 32.1. The predicted molar refractivity (Wildman–Crippen MR) is 94.9 cm³/mol. The first kappa shape index (κ1) is 17.8. The lowest BCUT2D eigenvalue weighted by Crippen LogP contribution is -2.30. The van der Waals surface area contributed by atoms with Crippen LogP contribution < -0.4 is 0 Å². The zero-order valence-corrected chi connectivity index (χ0v) is 14.6. The molecule has 0 atom stereocenters. The molecule has 7 heteroatoms. The van der Waals surface area contributed by atoms with Crippen molar-refractivity contribution in [3.8, 4) is 0 Å². The molecule has 0 aliphatic carbocycles. The van der Waals surface area contributed by atoms with Crippen LogP contribution in [0.25, 0.3) is 0 Å². The fraction of sp³-hybridized carbons (Fsp3) is 0.294. The lowest BCUT2D eigenvalue weighted by Gasteiger charge is -2.16. The normalized spacial score (nSPS) is 16.8. The molecule has 0 N–H and O–H groups in total. The molecule has 1 aromatic carbocycles. The molecule has 0 saturated carbocycles. The summed E-state index contributed by atoms with van der Waals surface area (Å²) in [7, 11) is 1.25. The summed E-state index contributed by atoms with van der Waals surface area (Å²) >= 11 is 5.38. The van der Waals surface area contributed by atoms with Crippen molar-refractivity contribution in [1.82, 2.24) is 9.91 Å². The third kappa shape index (κ3) is 4.05. The fourth-order valence-corrected chi connectivity index (χ4v) is 2.34. The minimum atomic E-state index is -0.632. The Morgan fingerprint density at radius 2 is 2.00 bits per heavy atom. The number of carbonyl (C=O) groups is 2. The lowest BCUT2D eigenvalue weighted by molar-refractivity contribution is -0.135. The first-order chi connectivity index (χ1) is 11.4. The average Bonchev–Trinajstić information content (AvgIpc) is 2.78. The van der Waals surface area contributed by atoms with E-state index in [1.165, 1.54) is 17.0 Å². The predicted octanol–water partition coefficient (Wildman–Crippen LogP) is 2.31. The second kappa shape index (κ2) is 7.83. The molecule has 126 valence electrons. The topological polar surface area (TPSA) is 62.2 Å². The molecular weight excluding hydrogens is 326 g/mol. The standard InChI is InChI=1S/C17H19N3O3S/c1-12(2)10-18-20-14(9-15(21)23-3)16(22)19(17(20)24)11-13-7-5-4-6-8-13/h4-10,12H,11H2,1-3H3/b14-9+,18-10+. The van der Waals surface area contributed by atoms with Crippen LogP contribution in [0.15, 0.2) is 47.2 Å². The molecule has 0 bridgehead atoms. The molecule has 0 spiro atoms. The number of methoxy groups -OCH3 is 1. The number of carbonyl (C=O) groups excluding carboxylic acids is 2. The van der Waals surface area contributed by atoms with Gasteiger partial charge >= 0.3 is 5.97 Å². The van der Waals surface area contributed by atoms with Crippen LogP contribution in [0.5, 0.6) is 0 Å². The maximum Gasteiger partial charge on any atom is 0.332 e. The number of nitrogens with zero attached hydrogens (tertiary/aromatic N) is 3. The maximum absolute atomic E-state index is 12.7. The van der Waals surface area contributed by atoms with E-state index in [9.17, 15) is 9.59 Å². The van der Waals surface area contributed by atoms with Gasteiger partial charge in [-0.1, -0.05) is 44.2 Å². The van der Waals surface area contributed by atoms with E-state index in [1.54, 1.807) is 6.21 Å². The molecule has 24 heavy (non-hydrogen) atoms. The summed E-state index contributed by atoms with van der Waals surface area (Å²) in [5.74, 6) is -0.840. The highest BCUT2D eigenvalue weighted by Crippen LogP contribution is 2.24. The van der Waals surface area contributed by atoms with Gasteiger partial charge in [-0.15, -0.1) is 0 Å². The zero-order valence-electron chi connectivity index (χ0n) is 13.8. The van der Waals surface area contributed by atoms with Crippen molar-refractivity contribution < 1.29 is 14.3 Å². The molecule has 0 radical (unpaired) electrons. The molecule has 1 saturated heterocycles. The van der Waals surface area contributed by atoms with Crippen molar-refractivity contribution in [3.05, 3.63) is 47.7 Å². The van der Waals surface area contributed by atoms with Crippen LogP contribution >= 0.6 is 12.2 Å². The van der Waals surface area contributed by atoms with Gasteiger partial charge in [0.1, 0.15) is 5.70 Å². The van der Waals surface area contributed by atoms with Gasteiger partial charge in [-0.05, 0) is 23.7 Å². The van der Waals surface area contributed by atoms with Crippen LogP contribution in [0, 0.1) is 5.92 Å². The first-order valence-electron chi connectivity index (χ1n) is 7.47. The maximum atomic E-state index is 12.7. The minimum absolute atomic E-state index is 0.0830. The number of ether oxygens (including phenoxy) is 1. The van der Waals surface area contributed by atoms with Gasteiger partial charge < -0.3 is 4.74 Å². The lowest BCUT2D eigenvalue weighted by atomic mass is 10.2. The van der Waals surface area contributed by atoms with Crippen LogP contribution in [0.3, 0.4) is 0 Å². The smallest absolute Gasteiger partial charge is 0.332 e. The highest BCUT2D eigenvalue weighted by molar-refractivity contribution is 7.80. The van der Waals surface area contributed by atoms with Crippen LogP contribution in [0.1, 0.15) is 19.4 Å². The molecule has 1 aromatic rings.